The van der Waals surface area contributed by atoms with Crippen LogP contribution in [-0.2, 0) is 0 Å². The minimum Gasteiger partial charge on any atom is -0.508 e. The topological polar surface area (TPSA) is 20.2 Å². The highest BCUT2D eigenvalue weighted by molar-refractivity contribution is 8.07. The summed E-state index contributed by atoms with van der Waals surface area (Å²) in [5.74, 6) is 0.908. The SMILES string of the molecule is CSC(=CC(C)C)c1ccc(O)c(C)c1. The summed E-state index contributed by atoms with van der Waals surface area (Å²) in [5, 5.41) is 9.45. The van der Waals surface area contributed by atoms with E-state index in [2.05, 4.69) is 26.2 Å². The molecule has 0 aliphatic heterocycles. The second-order valence-electron chi connectivity index (χ2n) is 3.98. The summed E-state index contributed by atoms with van der Waals surface area (Å²) in [4.78, 5) is 1.27. The minimum atomic E-state index is 0.365. The van der Waals surface area contributed by atoms with Crippen LogP contribution in [0.2, 0.25) is 0 Å². The van der Waals surface area contributed by atoms with Gasteiger partial charge in [-0.2, -0.15) is 0 Å². The number of benzene rings is 1. The Kier molecular flexibility index (Phi) is 4.28. The van der Waals surface area contributed by atoms with Gasteiger partial charge < -0.3 is 5.11 Å². The monoisotopic (exact) mass is 222 g/mol. The van der Waals surface area contributed by atoms with Crippen LogP contribution in [-0.4, -0.2) is 11.4 Å². The lowest BCUT2D eigenvalue weighted by molar-refractivity contribution is 0.471. The van der Waals surface area contributed by atoms with E-state index in [0.29, 0.717) is 11.7 Å². The van der Waals surface area contributed by atoms with Crippen molar-refractivity contribution in [2.45, 2.75) is 20.8 Å². The van der Waals surface area contributed by atoms with Crippen molar-refractivity contribution in [1.82, 2.24) is 0 Å². The Morgan fingerprint density at radius 3 is 2.53 bits per heavy atom. The number of rotatable bonds is 3. The molecule has 0 aromatic heterocycles. The number of aromatic hydroxyl groups is 1. The fourth-order valence-electron chi connectivity index (χ4n) is 1.39. The standard InChI is InChI=1S/C13H18OS/c1-9(2)7-13(15-4)11-5-6-12(14)10(3)8-11/h5-9,14H,1-4H3. The van der Waals surface area contributed by atoms with E-state index in [-0.39, 0.29) is 0 Å². The predicted octanol–water partition coefficient (Wildman–Crippen LogP) is 4.06. The van der Waals surface area contributed by atoms with Crippen molar-refractivity contribution < 1.29 is 5.11 Å². The van der Waals surface area contributed by atoms with E-state index in [9.17, 15) is 5.11 Å². The summed E-state index contributed by atoms with van der Waals surface area (Å²) in [7, 11) is 0. The van der Waals surface area contributed by atoms with Gasteiger partial charge in [0.15, 0.2) is 0 Å². The molecular weight excluding hydrogens is 204 g/mol. The first kappa shape index (κ1) is 12.2. The van der Waals surface area contributed by atoms with Crippen molar-refractivity contribution in [2.24, 2.45) is 5.92 Å². The predicted molar refractivity (Wildman–Crippen MR) is 69.2 cm³/mol. The molecule has 1 rings (SSSR count). The van der Waals surface area contributed by atoms with Crippen molar-refractivity contribution in [1.29, 1.82) is 0 Å². The summed E-state index contributed by atoms with van der Waals surface area (Å²) >= 11 is 1.75. The molecule has 0 unspecified atom stereocenters. The molecule has 1 nitrogen and oxygen atoms in total. The smallest absolute Gasteiger partial charge is 0.118 e. The van der Waals surface area contributed by atoms with Gasteiger partial charge in [0.05, 0.1) is 0 Å². The van der Waals surface area contributed by atoms with Crippen LogP contribution >= 0.6 is 11.8 Å². The number of thioether (sulfide) groups is 1. The van der Waals surface area contributed by atoms with Gasteiger partial charge in [-0.1, -0.05) is 26.0 Å². The van der Waals surface area contributed by atoms with Crippen LogP contribution < -0.4 is 0 Å². The fourth-order valence-corrected chi connectivity index (χ4v) is 2.16. The minimum absolute atomic E-state index is 0.365. The molecule has 15 heavy (non-hydrogen) atoms. The molecule has 0 aliphatic carbocycles. The largest absolute Gasteiger partial charge is 0.508 e. The molecule has 82 valence electrons. The zero-order chi connectivity index (χ0) is 11.4. The van der Waals surface area contributed by atoms with Gasteiger partial charge in [-0.25, -0.2) is 0 Å². The van der Waals surface area contributed by atoms with E-state index in [0.717, 1.165) is 5.56 Å². The highest BCUT2D eigenvalue weighted by Gasteiger charge is 2.03. The molecule has 2 heteroatoms. The molecule has 0 spiro atoms. The van der Waals surface area contributed by atoms with Gasteiger partial charge in [0.2, 0.25) is 0 Å². The third-order valence-electron chi connectivity index (χ3n) is 2.19. The lowest BCUT2D eigenvalue weighted by Crippen LogP contribution is -1.86. The van der Waals surface area contributed by atoms with Crippen molar-refractivity contribution >= 4 is 16.7 Å². The normalized spacial score (nSPS) is 12.2. The zero-order valence-electron chi connectivity index (χ0n) is 9.74. The molecule has 0 fully saturated rings. The van der Waals surface area contributed by atoms with E-state index < -0.39 is 0 Å². The Bertz CT molecular complexity index is 367. The number of allylic oxidation sites excluding steroid dienone is 1. The van der Waals surface area contributed by atoms with Crippen LogP contribution in [0.15, 0.2) is 24.3 Å². The van der Waals surface area contributed by atoms with Crippen molar-refractivity contribution in [3.05, 3.63) is 35.4 Å². The molecule has 0 atom stereocenters. The number of hydrogen-bond acceptors (Lipinski definition) is 2. The fraction of sp³-hybridized carbons (Fsp3) is 0.385. The lowest BCUT2D eigenvalue weighted by atomic mass is 10.1. The molecule has 0 aliphatic rings. The number of phenols is 1. The van der Waals surface area contributed by atoms with Crippen LogP contribution in [0.4, 0.5) is 0 Å². The molecule has 0 amide bonds. The van der Waals surface area contributed by atoms with Crippen LogP contribution in [0.25, 0.3) is 4.91 Å². The second-order valence-corrected chi connectivity index (χ2v) is 4.83. The molecule has 0 bridgehead atoms. The summed E-state index contributed by atoms with van der Waals surface area (Å²) in [6.45, 7) is 6.26. The molecule has 1 aromatic rings. The molecule has 1 N–H and O–H groups in total. The lowest BCUT2D eigenvalue weighted by Gasteiger charge is -2.08. The summed E-state index contributed by atoms with van der Waals surface area (Å²) in [6, 6.07) is 5.75. The molecule has 0 saturated heterocycles. The van der Waals surface area contributed by atoms with E-state index in [1.165, 1.54) is 10.5 Å². The van der Waals surface area contributed by atoms with Crippen LogP contribution in [0, 0.1) is 12.8 Å². The Morgan fingerprint density at radius 2 is 2.07 bits per heavy atom. The summed E-state index contributed by atoms with van der Waals surface area (Å²) in [6.07, 6.45) is 4.33. The van der Waals surface area contributed by atoms with Gasteiger partial charge in [-0.15, -0.1) is 11.8 Å². The quantitative estimate of drug-likeness (QED) is 0.832. The Labute approximate surface area is 96.2 Å². The Morgan fingerprint density at radius 1 is 1.40 bits per heavy atom. The van der Waals surface area contributed by atoms with Crippen molar-refractivity contribution in [3.8, 4) is 5.75 Å². The average molecular weight is 222 g/mol. The second kappa shape index (κ2) is 5.26. The Balaban J connectivity index is 3.08. The third-order valence-corrected chi connectivity index (χ3v) is 3.00. The first-order valence-corrected chi connectivity index (χ1v) is 6.33. The maximum atomic E-state index is 9.45. The molecule has 0 saturated carbocycles. The van der Waals surface area contributed by atoms with Crippen molar-refractivity contribution in [3.63, 3.8) is 0 Å². The molecule has 0 heterocycles. The summed E-state index contributed by atoms with van der Waals surface area (Å²) in [5.41, 5.74) is 2.11. The van der Waals surface area contributed by atoms with Gasteiger partial charge >= 0.3 is 0 Å². The van der Waals surface area contributed by atoms with Gasteiger partial charge in [-0.3, -0.25) is 0 Å². The third kappa shape index (κ3) is 3.31. The highest BCUT2D eigenvalue weighted by atomic mass is 32.2. The van der Waals surface area contributed by atoms with E-state index in [1.54, 1.807) is 17.8 Å². The van der Waals surface area contributed by atoms with Gasteiger partial charge in [-0.05, 0) is 42.4 Å². The van der Waals surface area contributed by atoms with Gasteiger partial charge in [0.1, 0.15) is 5.75 Å². The van der Waals surface area contributed by atoms with Crippen LogP contribution in [0.5, 0.6) is 5.75 Å². The highest BCUT2D eigenvalue weighted by Crippen LogP contribution is 2.29. The van der Waals surface area contributed by atoms with E-state index in [1.807, 2.05) is 19.1 Å². The average Bonchev–Trinajstić information content (AvgIpc) is 2.18. The molecular formula is C13H18OS. The zero-order valence-corrected chi connectivity index (χ0v) is 10.6. The summed E-state index contributed by atoms with van der Waals surface area (Å²) < 4.78 is 0. The first-order valence-electron chi connectivity index (χ1n) is 5.10. The van der Waals surface area contributed by atoms with E-state index in [4.69, 9.17) is 0 Å². The van der Waals surface area contributed by atoms with E-state index >= 15 is 0 Å². The number of phenolic OH excluding ortho intramolecular Hbond substituents is 1. The Hall–Kier alpha value is -0.890. The first-order chi connectivity index (χ1) is 7.04. The van der Waals surface area contributed by atoms with Gasteiger partial charge in [0.25, 0.3) is 0 Å². The van der Waals surface area contributed by atoms with Gasteiger partial charge in [0, 0.05) is 4.91 Å². The number of aryl methyl sites for hydroxylation is 1. The maximum absolute atomic E-state index is 9.45. The van der Waals surface area contributed by atoms with Crippen LogP contribution in [0.3, 0.4) is 0 Å². The van der Waals surface area contributed by atoms with Crippen molar-refractivity contribution in [2.75, 3.05) is 6.26 Å². The molecule has 1 aromatic carbocycles. The van der Waals surface area contributed by atoms with Crippen LogP contribution in [0.1, 0.15) is 25.0 Å². The number of hydrogen-bond donors (Lipinski definition) is 1. The maximum Gasteiger partial charge on any atom is 0.118 e. The molecule has 0 radical (unpaired) electrons.